The molecule has 39 heavy (non-hydrogen) atoms. The Morgan fingerprint density at radius 1 is 1.13 bits per heavy atom. The Bertz CT molecular complexity index is 1160. The molecule has 3 atom stereocenters. The van der Waals surface area contributed by atoms with Crippen LogP contribution in [-0.2, 0) is 20.9 Å². The number of nitrogens with one attached hydrogen (secondary N) is 1. The summed E-state index contributed by atoms with van der Waals surface area (Å²) in [5.74, 6) is -2.22. The standard InChI is InChI=1S/C31H41ClFN3O3/c1-4-5-11-24(29(34)37)25(16-20(2)3)30(38)35-28-12-6-7-15-36(31(28)39)19-21-9-8-10-22(17-21)23-13-14-27(33)26(32)18-23/h8-10,13-14,17-18,20,24-25,28H,4-7,11-12,15-16,19H2,1-3H3,(H2,34,37)(H,35,38)/t24?,25?,28-/m0/s1. The first-order valence-corrected chi connectivity index (χ1v) is 14.4. The van der Waals surface area contributed by atoms with Gasteiger partial charge in [-0.3, -0.25) is 14.4 Å². The average molecular weight is 558 g/mol. The van der Waals surface area contributed by atoms with Crippen molar-refractivity contribution in [3.63, 3.8) is 0 Å². The monoisotopic (exact) mass is 557 g/mol. The van der Waals surface area contributed by atoms with E-state index in [1.807, 2.05) is 45.0 Å². The number of rotatable bonds is 12. The molecule has 3 N–H and O–H groups in total. The highest BCUT2D eigenvalue weighted by molar-refractivity contribution is 6.31. The summed E-state index contributed by atoms with van der Waals surface area (Å²) < 4.78 is 13.6. The number of nitrogens with two attached hydrogens (primary N) is 1. The number of likely N-dealkylation sites (tertiary alicyclic amines) is 1. The van der Waals surface area contributed by atoms with E-state index in [2.05, 4.69) is 5.32 Å². The molecule has 1 fully saturated rings. The fourth-order valence-corrected chi connectivity index (χ4v) is 5.53. The number of hydrogen-bond acceptors (Lipinski definition) is 3. The summed E-state index contributed by atoms with van der Waals surface area (Å²) in [5, 5.41) is 3.06. The quantitative estimate of drug-likeness (QED) is 0.330. The van der Waals surface area contributed by atoms with Gasteiger partial charge in [0.15, 0.2) is 0 Å². The Hall–Kier alpha value is -2.93. The predicted molar refractivity (Wildman–Crippen MR) is 153 cm³/mol. The van der Waals surface area contributed by atoms with Crippen LogP contribution in [0.2, 0.25) is 5.02 Å². The average Bonchev–Trinajstić information content (AvgIpc) is 3.06. The maximum Gasteiger partial charge on any atom is 0.245 e. The second-order valence-electron chi connectivity index (χ2n) is 11.0. The highest BCUT2D eigenvalue weighted by Gasteiger charge is 2.36. The first-order valence-electron chi connectivity index (χ1n) is 14.0. The predicted octanol–water partition coefficient (Wildman–Crippen LogP) is 6.10. The van der Waals surface area contributed by atoms with Gasteiger partial charge >= 0.3 is 0 Å². The molecule has 3 amide bonds. The minimum atomic E-state index is -0.645. The highest BCUT2D eigenvalue weighted by Crippen LogP contribution is 2.28. The SMILES string of the molecule is CCCCC(C(N)=O)C(CC(C)C)C(=O)N[C@H]1CCCCN(Cc2cccc(-c3ccc(F)c(Cl)c3)c2)C1=O. The second-order valence-corrected chi connectivity index (χ2v) is 11.4. The third-order valence-electron chi connectivity index (χ3n) is 7.43. The van der Waals surface area contributed by atoms with Crippen LogP contribution >= 0.6 is 11.6 Å². The fraction of sp³-hybridized carbons (Fsp3) is 0.516. The fourth-order valence-electron chi connectivity index (χ4n) is 5.35. The summed E-state index contributed by atoms with van der Waals surface area (Å²) in [6, 6.07) is 11.7. The molecule has 0 radical (unpaired) electrons. The number of unbranched alkanes of at least 4 members (excludes halogenated alkanes) is 1. The maximum absolute atomic E-state index is 13.6. The van der Waals surface area contributed by atoms with E-state index in [1.165, 1.54) is 6.07 Å². The first-order chi connectivity index (χ1) is 18.6. The van der Waals surface area contributed by atoms with Crippen molar-refractivity contribution >= 4 is 29.3 Å². The van der Waals surface area contributed by atoms with Crippen molar-refractivity contribution in [3.05, 3.63) is 58.9 Å². The summed E-state index contributed by atoms with van der Waals surface area (Å²) >= 11 is 5.98. The molecule has 1 aliphatic heterocycles. The molecule has 212 valence electrons. The summed E-state index contributed by atoms with van der Waals surface area (Å²) in [7, 11) is 0. The van der Waals surface area contributed by atoms with E-state index in [0.717, 1.165) is 42.4 Å². The maximum atomic E-state index is 13.6. The number of carbonyl (C=O) groups is 3. The number of carbonyl (C=O) groups excluding carboxylic acids is 3. The smallest absolute Gasteiger partial charge is 0.245 e. The van der Waals surface area contributed by atoms with Crippen molar-refractivity contribution in [2.24, 2.45) is 23.5 Å². The molecule has 0 spiro atoms. The van der Waals surface area contributed by atoms with Gasteiger partial charge in [-0.2, -0.15) is 0 Å². The molecule has 1 heterocycles. The van der Waals surface area contributed by atoms with E-state index in [1.54, 1.807) is 17.0 Å². The minimum Gasteiger partial charge on any atom is -0.369 e. The Morgan fingerprint density at radius 3 is 2.54 bits per heavy atom. The number of benzene rings is 2. The Morgan fingerprint density at radius 2 is 1.87 bits per heavy atom. The summed E-state index contributed by atoms with van der Waals surface area (Å²) in [5.41, 5.74) is 8.33. The molecule has 0 aliphatic carbocycles. The van der Waals surface area contributed by atoms with E-state index < -0.39 is 29.6 Å². The van der Waals surface area contributed by atoms with Crippen LogP contribution in [0, 0.1) is 23.6 Å². The molecule has 2 aromatic carbocycles. The van der Waals surface area contributed by atoms with Gasteiger partial charge in [-0.15, -0.1) is 0 Å². The molecule has 0 bridgehead atoms. The highest BCUT2D eigenvalue weighted by atomic mass is 35.5. The minimum absolute atomic E-state index is 0.0585. The number of halogens is 2. The molecule has 1 saturated heterocycles. The van der Waals surface area contributed by atoms with Crippen LogP contribution in [0.3, 0.4) is 0 Å². The summed E-state index contributed by atoms with van der Waals surface area (Å²) in [4.78, 5) is 41.2. The normalized spacial score (nSPS) is 17.5. The van der Waals surface area contributed by atoms with E-state index >= 15 is 0 Å². The second kappa shape index (κ2) is 14.5. The van der Waals surface area contributed by atoms with Gasteiger partial charge in [0.05, 0.1) is 5.02 Å². The molecule has 0 aromatic heterocycles. The zero-order valence-electron chi connectivity index (χ0n) is 23.2. The molecular formula is C31H41ClFN3O3. The zero-order valence-corrected chi connectivity index (χ0v) is 24.0. The van der Waals surface area contributed by atoms with Crippen LogP contribution in [0.4, 0.5) is 4.39 Å². The largest absolute Gasteiger partial charge is 0.369 e. The Balaban J connectivity index is 1.76. The van der Waals surface area contributed by atoms with E-state index in [4.69, 9.17) is 17.3 Å². The van der Waals surface area contributed by atoms with E-state index in [-0.39, 0.29) is 22.8 Å². The van der Waals surface area contributed by atoms with Crippen molar-refractivity contribution < 1.29 is 18.8 Å². The first kappa shape index (κ1) is 30.6. The molecule has 2 aromatic rings. The van der Waals surface area contributed by atoms with Crippen LogP contribution in [0.5, 0.6) is 0 Å². The lowest BCUT2D eigenvalue weighted by Gasteiger charge is -2.29. The third-order valence-corrected chi connectivity index (χ3v) is 7.72. The van der Waals surface area contributed by atoms with Gasteiger partial charge in [0, 0.05) is 24.9 Å². The molecular weight excluding hydrogens is 517 g/mol. The Kier molecular flexibility index (Phi) is 11.3. The third kappa shape index (κ3) is 8.53. The molecule has 2 unspecified atom stereocenters. The van der Waals surface area contributed by atoms with Crippen molar-refractivity contribution in [3.8, 4) is 11.1 Å². The van der Waals surface area contributed by atoms with Crippen molar-refractivity contribution in [2.45, 2.75) is 78.3 Å². The van der Waals surface area contributed by atoms with Crippen LogP contribution < -0.4 is 11.1 Å². The summed E-state index contributed by atoms with van der Waals surface area (Å²) in [6.45, 7) is 7.06. The van der Waals surface area contributed by atoms with Crippen LogP contribution in [-0.4, -0.2) is 35.2 Å². The number of amides is 3. The zero-order chi connectivity index (χ0) is 28.5. The van der Waals surface area contributed by atoms with Crippen molar-refractivity contribution in [2.75, 3.05) is 6.54 Å². The van der Waals surface area contributed by atoms with Gasteiger partial charge in [0.1, 0.15) is 11.9 Å². The van der Waals surface area contributed by atoms with Gasteiger partial charge in [-0.05, 0) is 72.9 Å². The van der Waals surface area contributed by atoms with Crippen molar-refractivity contribution in [1.29, 1.82) is 0 Å². The lowest BCUT2D eigenvalue weighted by molar-refractivity contribution is -0.139. The lowest BCUT2D eigenvalue weighted by atomic mass is 9.81. The van der Waals surface area contributed by atoms with Crippen molar-refractivity contribution in [1.82, 2.24) is 10.2 Å². The van der Waals surface area contributed by atoms with Gasteiger partial charge in [-0.25, -0.2) is 4.39 Å². The molecule has 6 nitrogen and oxygen atoms in total. The Labute approximate surface area is 236 Å². The van der Waals surface area contributed by atoms with Crippen LogP contribution in [0.25, 0.3) is 11.1 Å². The number of primary amides is 1. The topological polar surface area (TPSA) is 92.5 Å². The molecule has 3 rings (SSSR count). The summed E-state index contributed by atoms with van der Waals surface area (Å²) in [6.07, 6.45) is 5.03. The van der Waals surface area contributed by atoms with E-state index in [0.29, 0.717) is 32.4 Å². The van der Waals surface area contributed by atoms with Gasteiger partial charge in [0.2, 0.25) is 17.7 Å². The number of hydrogen-bond donors (Lipinski definition) is 2. The van der Waals surface area contributed by atoms with Crippen LogP contribution in [0.15, 0.2) is 42.5 Å². The van der Waals surface area contributed by atoms with Gasteiger partial charge in [-0.1, -0.05) is 69.5 Å². The van der Waals surface area contributed by atoms with E-state index in [9.17, 15) is 18.8 Å². The molecule has 0 saturated carbocycles. The van der Waals surface area contributed by atoms with Gasteiger partial charge in [0.25, 0.3) is 0 Å². The molecule has 1 aliphatic rings. The van der Waals surface area contributed by atoms with Crippen LogP contribution in [0.1, 0.15) is 71.3 Å². The van der Waals surface area contributed by atoms with Gasteiger partial charge < -0.3 is 16.0 Å². The molecule has 8 heteroatoms. The lowest BCUT2D eigenvalue weighted by Crippen LogP contribution is -2.50. The number of nitrogens with zero attached hydrogens (tertiary/aromatic N) is 1.